The number of hydrogen-bond donors (Lipinski definition) is 3. The third kappa shape index (κ3) is 3.82. The number of hydrogen-bond acceptors (Lipinski definition) is 5. The molecule has 21 heavy (non-hydrogen) atoms. The highest BCUT2D eigenvalue weighted by Crippen LogP contribution is 2.30. The number of rotatable bonds is 6. The minimum Gasteiger partial charge on any atom is -0.496 e. The number of carbonyl (C=O) groups excluding carboxylic acids is 1. The molecule has 9 heteroatoms. The fraction of sp³-hybridized carbons (Fsp3) is 0.417. The van der Waals surface area contributed by atoms with Gasteiger partial charge in [0.25, 0.3) is 5.91 Å². The summed E-state index contributed by atoms with van der Waals surface area (Å²) in [5, 5.41) is 20.9. The van der Waals surface area contributed by atoms with Crippen LogP contribution >= 0.6 is 0 Å². The molecule has 0 atom stereocenters. The molecule has 1 saturated carbocycles. The van der Waals surface area contributed by atoms with E-state index in [0.717, 1.165) is 18.9 Å². The molecule has 0 unspecified atom stereocenters. The Morgan fingerprint density at radius 3 is 2.48 bits per heavy atom. The highest BCUT2D eigenvalue weighted by atomic mass is 19.3. The second-order valence-electron chi connectivity index (χ2n) is 4.60. The molecule has 0 saturated heterocycles. The van der Waals surface area contributed by atoms with Crippen LogP contribution in [0.5, 0.6) is 11.5 Å². The molecule has 0 radical (unpaired) electrons. The van der Waals surface area contributed by atoms with Gasteiger partial charge in [-0.3, -0.25) is 4.79 Å². The molecule has 1 aromatic carbocycles. The smallest absolute Gasteiger partial charge is 0.488 e. The van der Waals surface area contributed by atoms with Gasteiger partial charge in [-0.15, -0.1) is 0 Å². The van der Waals surface area contributed by atoms with Crippen LogP contribution in [0.2, 0.25) is 0 Å². The number of ether oxygens (including phenoxy) is 2. The third-order valence-corrected chi connectivity index (χ3v) is 2.96. The lowest BCUT2D eigenvalue weighted by Gasteiger charge is -2.16. The molecule has 114 valence electrons. The van der Waals surface area contributed by atoms with E-state index < -0.39 is 25.4 Å². The lowest BCUT2D eigenvalue weighted by Crippen LogP contribution is -2.32. The third-order valence-electron chi connectivity index (χ3n) is 2.96. The van der Waals surface area contributed by atoms with E-state index in [1.807, 2.05) is 0 Å². The van der Waals surface area contributed by atoms with Crippen molar-refractivity contribution in [2.75, 3.05) is 7.11 Å². The average Bonchev–Trinajstić information content (AvgIpc) is 3.20. The second kappa shape index (κ2) is 6.27. The molecule has 0 spiro atoms. The van der Waals surface area contributed by atoms with Crippen molar-refractivity contribution in [1.29, 1.82) is 0 Å². The molecule has 0 aromatic heterocycles. The molecule has 1 fully saturated rings. The molecule has 0 aliphatic heterocycles. The zero-order chi connectivity index (χ0) is 15.6. The molecular weight excluding hydrogens is 287 g/mol. The van der Waals surface area contributed by atoms with Gasteiger partial charge in [0, 0.05) is 6.04 Å². The molecule has 0 bridgehead atoms. The minimum absolute atomic E-state index is 0.0183. The number of alkyl halides is 2. The van der Waals surface area contributed by atoms with E-state index in [1.165, 1.54) is 13.2 Å². The fourth-order valence-corrected chi connectivity index (χ4v) is 1.82. The largest absolute Gasteiger partial charge is 0.496 e. The average molecular weight is 301 g/mol. The summed E-state index contributed by atoms with van der Waals surface area (Å²) in [4.78, 5) is 12.1. The van der Waals surface area contributed by atoms with Crippen LogP contribution in [-0.4, -0.2) is 42.8 Å². The summed E-state index contributed by atoms with van der Waals surface area (Å²) >= 11 is 0. The first-order chi connectivity index (χ1) is 9.92. The Kier molecular flexibility index (Phi) is 4.64. The Balaban J connectivity index is 2.44. The van der Waals surface area contributed by atoms with Crippen molar-refractivity contribution < 1.29 is 33.1 Å². The number of carbonyl (C=O) groups is 1. The van der Waals surface area contributed by atoms with E-state index in [2.05, 4.69) is 10.1 Å². The number of amides is 1. The summed E-state index contributed by atoms with van der Waals surface area (Å²) in [6, 6.07) is 2.18. The Bertz CT molecular complexity index is 537. The molecule has 0 heterocycles. The first kappa shape index (κ1) is 15.5. The zero-order valence-corrected chi connectivity index (χ0v) is 11.2. The van der Waals surface area contributed by atoms with Gasteiger partial charge in [-0.25, -0.2) is 0 Å². The Hall–Kier alpha value is -1.87. The van der Waals surface area contributed by atoms with E-state index in [9.17, 15) is 13.6 Å². The lowest BCUT2D eigenvalue weighted by molar-refractivity contribution is -0.0502. The molecule has 1 amide bonds. The van der Waals surface area contributed by atoms with Crippen LogP contribution in [-0.2, 0) is 0 Å². The summed E-state index contributed by atoms with van der Waals surface area (Å²) < 4.78 is 34.3. The van der Waals surface area contributed by atoms with Gasteiger partial charge in [-0.1, -0.05) is 0 Å². The van der Waals surface area contributed by atoms with Crippen LogP contribution in [0.25, 0.3) is 0 Å². The normalized spacial score (nSPS) is 14.0. The van der Waals surface area contributed by atoms with E-state index in [1.54, 1.807) is 0 Å². The standard InChI is InChI=1S/C12H14BF2NO5/c1-20-8-4-6(13(18)19)5-9(21-12(14)15)10(8)11(17)16-7-2-3-7/h4-5,7,12,18-19H,2-3H2,1H3,(H,16,17). The van der Waals surface area contributed by atoms with Crippen LogP contribution in [0.1, 0.15) is 23.2 Å². The molecule has 1 aliphatic carbocycles. The lowest BCUT2D eigenvalue weighted by atomic mass is 9.79. The van der Waals surface area contributed by atoms with E-state index in [4.69, 9.17) is 14.8 Å². The van der Waals surface area contributed by atoms with E-state index in [0.29, 0.717) is 0 Å². The zero-order valence-electron chi connectivity index (χ0n) is 11.2. The van der Waals surface area contributed by atoms with Crippen LogP contribution in [0.4, 0.5) is 8.78 Å². The Labute approximate surface area is 119 Å². The van der Waals surface area contributed by atoms with Gasteiger partial charge >= 0.3 is 13.7 Å². The van der Waals surface area contributed by atoms with Crippen molar-refractivity contribution in [2.24, 2.45) is 0 Å². The molecule has 1 aliphatic rings. The van der Waals surface area contributed by atoms with Gasteiger partial charge in [0.2, 0.25) is 0 Å². The molecule has 2 rings (SSSR count). The van der Waals surface area contributed by atoms with Crippen molar-refractivity contribution in [1.82, 2.24) is 5.32 Å². The first-order valence-electron chi connectivity index (χ1n) is 6.26. The van der Waals surface area contributed by atoms with Gasteiger partial charge < -0.3 is 24.8 Å². The number of methoxy groups -OCH3 is 1. The van der Waals surface area contributed by atoms with Crippen molar-refractivity contribution >= 4 is 18.5 Å². The predicted molar refractivity (Wildman–Crippen MR) is 69.9 cm³/mol. The Morgan fingerprint density at radius 2 is 2.00 bits per heavy atom. The van der Waals surface area contributed by atoms with Gasteiger partial charge in [0.05, 0.1) is 7.11 Å². The monoisotopic (exact) mass is 301 g/mol. The highest BCUT2D eigenvalue weighted by Gasteiger charge is 2.29. The summed E-state index contributed by atoms with van der Waals surface area (Å²) in [5.41, 5.74) is -0.320. The molecule has 1 aromatic rings. The molecular formula is C12H14BF2NO5. The van der Waals surface area contributed by atoms with Gasteiger partial charge in [-0.05, 0) is 30.4 Å². The van der Waals surface area contributed by atoms with Gasteiger partial charge in [0.15, 0.2) is 0 Å². The van der Waals surface area contributed by atoms with Crippen LogP contribution < -0.4 is 20.3 Å². The first-order valence-corrected chi connectivity index (χ1v) is 6.26. The SMILES string of the molecule is COc1cc(B(O)O)cc(OC(F)F)c1C(=O)NC1CC1. The second-order valence-corrected chi connectivity index (χ2v) is 4.60. The van der Waals surface area contributed by atoms with Crippen molar-refractivity contribution in [3.63, 3.8) is 0 Å². The maximum atomic E-state index is 12.5. The summed E-state index contributed by atoms with van der Waals surface area (Å²) in [7, 11) is -0.664. The number of nitrogens with one attached hydrogen (secondary N) is 1. The molecule has 3 N–H and O–H groups in total. The van der Waals surface area contributed by atoms with Crippen molar-refractivity contribution in [3.05, 3.63) is 17.7 Å². The van der Waals surface area contributed by atoms with Crippen molar-refractivity contribution in [2.45, 2.75) is 25.5 Å². The van der Waals surface area contributed by atoms with Crippen LogP contribution in [0, 0.1) is 0 Å². The minimum atomic E-state index is -3.16. The van der Waals surface area contributed by atoms with Gasteiger partial charge in [-0.2, -0.15) is 8.78 Å². The van der Waals surface area contributed by atoms with E-state index >= 15 is 0 Å². The maximum absolute atomic E-state index is 12.5. The number of benzene rings is 1. The quantitative estimate of drug-likeness (QED) is 0.637. The topological polar surface area (TPSA) is 88.0 Å². The highest BCUT2D eigenvalue weighted by molar-refractivity contribution is 6.58. The molecule has 6 nitrogen and oxygen atoms in total. The van der Waals surface area contributed by atoms with E-state index in [-0.39, 0.29) is 22.8 Å². The maximum Gasteiger partial charge on any atom is 0.488 e. The fourth-order valence-electron chi connectivity index (χ4n) is 1.82. The summed E-state index contributed by atoms with van der Waals surface area (Å²) in [5.74, 6) is -1.15. The Morgan fingerprint density at radius 1 is 1.38 bits per heavy atom. The summed E-state index contributed by atoms with van der Waals surface area (Å²) in [6.45, 7) is -3.16. The van der Waals surface area contributed by atoms with Crippen LogP contribution in [0.15, 0.2) is 12.1 Å². The predicted octanol–water partition coefficient (Wildman–Crippen LogP) is -0.131. The number of halogens is 2. The summed E-state index contributed by atoms with van der Waals surface area (Å²) in [6.07, 6.45) is 1.65. The van der Waals surface area contributed by atoms with Crippen molar-refractivity contribution in [3.8, 4) is 11.5 Å². The van der Waals surface area contributed by atoms with Gasteiger partial charge in [0.1, 0.15) is 17.1 Å². The van der Waals surface area contributed by atoms with Crippen LogP contribution in [0.3, 0.4) is 0 Å².